The van der Waals surface area contributed by atoms with Crippen molar-refractivity contribution in [2.24, 2.45) is 5.73 Å². The summed E-state index contributed by atoms with van der Waals surface area (Å²) in [7, 11) is 0. The van der Waals surface area contributed by atoms with Crippen molar-refractivity contribution in [3.05, 3.63) is 59.2 Å². The first-order chi connectivity index (χ1) is 19.6. The molecule has 0 aliphatic heterocycles. The van der Waals surface area contributed by atoms with Crippen LogP contribution in [0.15, 0.2) is 46.8 Å². The fourth-order valence-electron chi connectivity index (χ4n) is 4.24. The molecule has 1 heterocycles. The molecule has 4 amide bonds. The Morgan fingerprint density at radius 3 is 2.41 bits per heavy atom. The van der Waals surface area contributed by atoms with Crippen molar-refractivity contribution in [3.8, 4) is 0 Å². The quantitative estimate of drug-likeness (QED) is 0.117. The molecule has 0 fully saturated rings. The number of carbonyl (C=O) groups excluding carboxylic acids is 2. The van der Waals surface area contributed by atoms with E-state index >= 15 is 0 Å². The van der Waals surface area contributed by atoms with Crippen molar-refractivity contribution in [1.82, 2.24) is 20.5 Å². The number of carbonyl (C=O) groups is 4. The van der Waals surface area contributed by atoms with Gasteiger partial charge < -0.3 is 31.5 Å². The molecule has 0 saturated carbocycles. The summed E-state index contributed by atoms with van der Waals surface area (Å²) < 4.78 is 1.53. The Kier molecular flexibility index (Phi) is 11.8. The summed E-state index contributed by atoms with van der Waals surface area (Å²) in [6.45, 7) is 4.96. The van der Waals surface area contributed by atoms with Crippen LogP contribution in [0.1, 0.15) is 71.1 Å². The van der Waals surface area contributed by atoms with Gasteiger partial charge in [0.05, 0.1) is 32.6 Å². The number of unbranched alkanes of at least 4 members (excludes halogenated alkanes) is 2. The van der Waals surface area contributed by atoms with Crippen LogP contribution < -0.4 is 16.4 Å². The summed E-state index contributed by atoms with van der Waals surface area (Å²) >= 11 is 2.64. The molecule has 1 aromatic heterocycles. The highest BCUT2D eigenvalue weighted by Crippen LogP contribution is 2.43. The maximum Gasteiger partial charge on any atom is 0.336 e. The molecule has 41 heavy (non-hydrogen) atoms. The van der Waals surface area contributed by atoms with Crippen molar-refractivity contribution in [2.45, 2.75) is 55.2 Å². The predicted molar refractivity (Wildman–Crippen MR) is 160 cm³/mol. The molecule has 11 nitrogen and oxygen atoms in total. The third kappa shape index (κ3) is 8.82. The van der Waals surface area contributed by atoms with Gasteiger partial charge in [-0.15, -0.1) is 11.3 Å². The van der Waals surface area contributed by atoms with Crippen molar-refractivity contribution >= 4 is 57.3 Å². The van der Waals surface area contributed by atoms with Crippen LogP contribution in [0, 0.1) is 0 Å². The number of hydrogen-bond donors (Lipinski definition) is 5. The van der Waals surface area contributed by atoms with Gasteiger partial charge in [0.1, 0.15) is 0 Å². The zero-order valence-electron chi connectivity index (χ0n) is 23.0. The molecule has 2 aromatic carbocycles. The van der Waals surface area contributed by atoms with Crippen LogP contribution in [-0.4, -0.2) is 69.8 Å². The summed E-state index contributed by atoms with van der Waals surface area (Å²) in [5.41, 5.74) is 6.21. The highest BCUT2D eigenvalue weighted by atomic mass is 32.2. The Morgan fingerprint density at radius 1 is 1.05 bits per heavy atom. The van der Waals surface area contributed by atoms with E-state index in [1.54, 1.807) is 4.90 Å². The minimum Gasteiger partial charge on any atom is -0.478 e. The summed E-state index contributed by atoms with van der Waals surface area (Å²) in [5.74, 6) is -2.59. The molecule has 3 aromatic rings. The standard InChI is InChI=1S/C28H35N5O6S2/c1-3-5-13-30-27(39)33(14-6-4-2)16-21(31-26(29)38)23(41-28-32-20-9-7-8-10-22(20)40-28)18-12-11-17(24(34)35)15-19(18)25(36)37/h7-12,15,21,23H,3-6,13-14,16H2,1-2H3,(H,30,39)(H,34,35)(H,36,37)(H3,29,31,38). The molecule has 0 radical (unpaired) electrons. The van der Waals surface area contributed by atoms with E-state index < -0.39 is 29.3 Å². The molecule has 2 unspecified atom stereocenters. The Hall–Kier alpha value is -3.84. The molecule has 0 spiro atoms. The summed E-state index contributed by atoms with van der Waals surface area (Å²) in [5, 5.41) is 24.4. The lowest BCUT2D eigenvalue weighted by molar-refractivity contribution is 0.0695. The highest BCUT2D eigenvalue weighted by Gasteiger charge is 2.33. The topological polar surface area (TPSA) is 175 Å². The number of aromatic nitrogens is 1. The number of nitrogens with zero attached hydrogens (tertiary/aromatic N) is 2. The van der Waals surface area contributed by atoms with E-state index in [1.165, 1.54) is 35.2 Å². The number of thioether (sulfide) groups is 1. The first-order valence-corrected chi connectivity index (χ1v) is 15.1. The van der Waals surface area contributed by atoms with Crippen LogP contribution in [-0.2, 0) is 0 Å². The van der Waals surface area contributed by atoms with Gasteiger partial charge in [0, 0.05) is 19.6 Å². The number of primary amides is 1. The molecule has 6 N–H and O–H groups in total. The number of nitrogens with two attached hydrogens (primary N) is 1. The number of nitrogens with one attached hydrogen (secondary N) is 2. The maximum atomic E-state index is 13.2. The number of carboxylic acids is 2. The normalized spacial score (nSPS) is 12.4. The van der Waals surface area contributed by atoms with E-state index in [2.05, 4.69) is 15.6 Å². The first-order valence-electron chi connectivity index (χ1n) is 13.4. The number of aromatic carboxylic acids is 2. The minimum atomic E-state index is -1.32. The molecule has 220 valence electrons. The number of para-hydroxylation sites is 1. The lowest BCUT2D eigenvalue weighted by atomic mass is 9.96. The lowest BCUT2D eigenvalue weighted by Crippen LogP contribution is -2.52. The third-order valence-electron chi connectivity index (χ3n) is 6.32. The Morgan fingerprint density at radius 2 is 1.78 bits per heavy atom. The number of benzene rings is 2. The van der Waals surface area contributed by atoms with Crippen LogP contribution >= 0.6 is 23.1 Å². The van der Waals surface area contributed by atoms with Gasteiger partial charge in [-0.3, -0.25) is 0 Å². The zero-order chi connectivity index (χ0) is 29.9. The molecule has 3 rings (SSSR count). The second-order valence-electron chi connectivity index (χ2n) is 9.40. The van der Waals surface area contributed by atoms with E-state index in [0.717, 1.165) is 35.5 Å². The Bertz CT molecular complexity index is 1350. The summed E-state index contributed by atoms with van der Waals surface area (Å²) in [6.07, 6.45) is 3.26. The zero-order valence-corrected chi connectivity index (χ0v) is 24.6. The van der Waals surface area contributed by atoms with Crippen molar-refractivity contribution in [1.29, 1.82) is 0 Å². The van der Waals surface area contributed by atoms with Crippen molar-refractivity contribution < 1.29 is 29.4 Å². The molecule has 0 aliphatic rings. The summed E-state index contributed by atoms with van der Waals surface area (Å²) in [4.78, 5) is 55.7. The Balaban J connectivity index is 2.11. The van der Waals surface area contributed by atoms with Gasteiger partial charge in [0.25, 0.3) is 0 Å². The average Bonchev–Trinajstić information content (AvgIpc) is 3.35. The number of carboxylic acid groups (broad SMARTS) is 2. The number of thiazole rings is 1. The second kappa shape index (κ2) is 15.2. The van der Waals surface area contributed by atoms with Crippen LogP contribution in [0.25, 0.3) is 10.2 Å². The largest absolute Gasteiger partial charge is 0.478 e. The van der Waals surface area contributed by atoms with Crippen LogP contribution in [0.2, 0.25) is 0 Å². The highest BCUT2D eigenvalue weighted by molar-refractivity contribution is 8.01. The molecule has 2 atom stereocenters. The first kappa shape index (κ1) is 31.7. The van der Waals surface area contributed by atoms with Gasteiger partial charge in [0.2, 0.25) is 0 Å². The van der Waals surface area contributed by atoms with E-state index in [9.17, 15) is 29.4 Å². The minimum absolute atomic E-state index is 0.0310. The van der Waals surface area contributed by atoms with Gasteiger partial charge in [-0.05, 0) is 42.7 Å². The van der Waals surface area contributed by atoms with Crippen LogP contribution in [0.4, 0.5) is 9.59 Å². The summed E-state index contributed by atoms with van der Waals surface area (Å²) in [6, 6.07) is 9.41. The fraction of sp³-hybridized carbons (Fsp3) is 0.393. The monoisotopic (exact) mass is 601 g/mol. The van der Waals surface area contributed by atoms with E-state index in [1.807, 2.05) is 38.1 Å². The third-order valence-corrected chi connectivity index (χ3v) is 8.82. The number of rotatable bonds is 15. The average molecular weight is 602 g/mol. The van der Waals surface area contributed by atoms with E-state index in [4.69, 9.17) is 5.73 Å². The molecule has 0 saturated heterocycles. The van der Waals surface area contributed by atoms with Crippen molar-refractivity contribution in [2.75, 3.05) is 19.6 Å². The van der Waals surface area contributed by atoms with Crippen LogP contribution in [0.5, 0.6) is 0 Å². The van der Waals surface area contributed by atoms with Gasteiger partial charge in [-0.2, -0.15) is 0 Å². The molecular weight excluding hydrogens is 566 g/mol. The number of urea groups is 2. The van der Waals surface area contributed by atoms with E-state index in [-0.39, 0.29) is 29.3 Å². The Labute approximate surface area is 246 Å². The molecule has 0 aliphatic carbocycles. The second-order valence-corrected chi connectivity index (χ2v) is 11.8. The lowest BCUT2D eigenvalue weighted by Gasteiger charge is -2.33. The van der Waals surface area contributed by atoms with Gasteiger partial charge in [0.15, 0.2) is 4.34 Å². The molecular formula is C28H35N5O6S2. The SMILES string of the molecule is CCCCNC(=O)N(CCCC)CC(NC(N)=O)C(Sc1nc2ccccc2s1)c1ccc(C(=O)O)cc1C(=O)O. The van der Waals surface area contributed by atoms with Gasteiger partial charge in [-0.25, -0.2) is 24.2 Å². The van der Waals surface area contributed by atoms with Crippen LogP contribution in [0.3, 0.4) is 0 Å². The number of fused-ring (bicyclic) bond motifs is 1. The smallest absolute Gasteiger partial charge is 0.336 e. The van der Waals surface area contributed by atoms with E-state index in [0.29, 0.717) is 23.8 Å². The maximum absolute atomic E-state index is 13.2. The fourth-order valence-corrected chi connectivity index (χ4v) is 6.73. The molecule has 0 bridgehead atoms. The van der Waals surface area contributed by atoms with Gasteiger partial charge >= 0.3 is 24.0 Å². The number of amides is 4. The predicted octanol–water partition coefficient (Wildman–Crippen LogP) is 5.17. The molecule has 13 heteroatoms. The van der Waals surface area contributed by atoms with Crippen molar-refractivity contribution in [3.63, 3.8) is 0 Å². The van der Waals surface area contributed by atoms with Gasteiger partial charge in [-0.1, -0.05) is 56.7 Å². The number of hydrogen-bond acceptors (Lipinski definition) is 7.